The highest BCUT2D eigenvalue weighted by molar-refractivity contribution is 9.10. The summed E-state index contributed by atoms with van der Waals surface area (Å²) in [6.45, 7) is 1.77. The Morgan fingerprint density at radius 1 is 1.62 bits per heavy atom. The second-order valence-electron chi connectivity index (χ2n) is 2.67. The van der Waals surface area contributed by atoms with Crippen LogP contribution in [0.4, 0.5) is 0 Å². The molecule has 1 atom stereocenters. The van der Waals surface area contributed by atoms with Crippen LogP contribution in [0.15, 0.2) is 24.3 Å². The molecule has 0 fully saturated rings. The van der Waals surface area contributed by atoms with E-state index >= 15 is 0 Å². The summed E-state index contributed by atoms with van der Waals surface area (Å²) in [6.07, 6.45) is 0. The first kappa shape index (κ1) is 9.94. The molecule has 0 aliphatic carbocycles. The molecule has 13 heavy (non-hydrogen) atoms. The molecular weight excluding hydrogens is 230 g/mol. The number of ketones is 1. The summed E-state index contributed by atoms with van der Waals surface area (Å²) >= 11 is 3.19. The van der Waals surface area contributed by atoms with E-state index in [1.807, 2.05) is 6.07 Å². The highest BCUT2D eigenvalue weighted by Gasteiger charge is 2.11. The Hall–Kier alpha value is -1.14. The standard InChI is InChI=1S/C10H8BrNO/c1-7(11)10(13)9-4-2-3-8(5-9)6-12/h2-5,7H,1H3/t7-/m0/s1. The van der Waals surface area contributed by atoms with Crippen molar-refractivity contribution in [1.82, 2.24) is 0 Å². The highest BCUT2D eigenvalue weighted by Crippen LogP contribution is 2.11. The molecule has 0 bridgehead atoms. The molecule has 0 heterocycles. The molecular formula is C10H8BrNO. The second kappa shape index (κ2) is 4.20. The van der Waals surface area contributed by atoms with Gasteiger partial charge in [-0.2, -0.15) is 5.26 Å². The number of nitriles is 1. The number of carbonyl (C=O) groups is 1. The minimum absolute atomic E-state index is 0.00269. The molecule has 66 valence electrons. The van der Waals surface area contributed by atoms with Crippen molar-refractivity contribution < 1.29 is 4.79 Å². The first-order valence-electron chi connectivity index (χ1n) is 3.83. The Bertz CT molecular complexity index is 365. The van der Waals surface area contributed by atoms with Gasteiger partial charge in [0.1, 0.15) is 0 Å². The average Bonchev–Trinajstić information content (AvgIpc) is 2.16. The number of alkyl halides is 1. The maximum Gasteiger partial charge on any atom is 0.176 e. The number of carbonyl (C=O) groups excluding carboxylic acids is 1. The molecule has 0 amide bonds. The van der Waals surface area contributed by atoms with Crippen LogP contribution in [-0.4, -0.2) is 10.6 Å². The maximum atomic E-state index is 11.5. The van der Waals surface area contributed by atoms with Gasteiger partial charge in [-0.1, -0.05) is 28.1 Å². The molecule has 0 spiro atoms. The zero-order chi connectivity index (χ0) is 9.84. The maximum absolute atomic E-state index is 11.5. The molecule has 0 saturated carbocycles. The summed E-state index contributed by atoms with van der Waals surface area (Å²) in [6, 6.07) is 8.69. The van der Waals surface area contributed by atoms with Crippen LogP contribution in [0.3, 0.4) is 0 Å². The SMILES string of the molecule is C[C@H](Br)C(=O)c1cccc(C#N)c1. The third kappa shape index (κ3) is 2.40. The first-order chi connectivity index (χ1) is 6.15. The van der Waals surface area contributed by atoms with Gasteiger partial charge in [0.15, 0.2) is 5.78 Å². The van der Waals surface area contributed by atoms with Crippen molar-refractivity contribution in [1.29, 1.82) is 5.26 Å². The van der Waals surface area contributed by atoms with E-state index in [4.69, 9.17) is 5.26 Å². The Morgan fingerprint density at radius 3 is 2.85 bits per heavy atom. The molecule has 0 aliphatic heterocycles. The van der Waals surface area contributed by atoms with Gasteiger partial charge in [-0.15, -0.1) is 0 Å². The van der Waals surface area contributed by atoms with Crippen LogP contribution >= 0.6 is 15.9 Å². The molecule has 1 aromatic carbocycles. The van der Waals surface area contributed by atoms with Crippen LogP contribution in [0.5, 0.6) is 0 Å². The molecule has 1 rings (SSSR count). The van der Waals surface area contributed by atoms with Gasteiger partial charge >= 0.3 is 0 Å². The van der Waals surface area contributed by atoms with Gasteiger partial charge in [-0.05, 0) is 19.1 Å². The van der Waals surface area contributed by atoms with E-state index in [2.05, 4.69) is 15.9 Å². The Labute approximate surface area is 85.3 Å². The van der Waals surface area contributed by atoms with Crippen LogP contribution in [0, 0.1) is 11.3 Å². The van der Waals surface area contributed by atoms with Gasteiger partial charge in [0, 0.05) is 5.56 Å². The number of nitrogens with zero attached hydrogens (tertiary/aromatic N) is 1. The second-order valence-corrected chi connectivity index (χ2v) is 4.05. The van der Waals surface area contributed by atoms with Crippen LogP contribution in [0.2, 0.25) is 0 Å². The Kier molecular flexibility index (Phi) is 3.21. The van der Waals surface area contributed by atoms with E-state index in [1.54, 1.807) is 31.2 Å². The Morgan fingerprint density at radius 2 is 2.31 bits per heavy atom. The molecule has 1 aromatic rings. The van der Waals surface area contributed by atoms with Crippen LogP contribution in [0.25, 0.3) is 0 Å². The van der Waals surface area contributed by atoms with Crippen molar-refractivity contribution in [3.8, 4) is 6.07 Å². The van der Waals surface area contributed by atoms with Crippen molar-refractivity contribution in [3.05, 3.63) is 35.4 Å². The summed E-state index contributed by atoms with van der Waals surface area (Å²) in [7, 11) is 0. The fraction of sp³-hybridized carbons (Fsp3) is 0.200. The quantitative estimate of drug-likeness (QED) is 0.586. The van der Waals surface area contributed by atoms with Gasteiger partial charge in [0.25, 0.3) is 0 Å². The van der Waals surface area contributed by atoms with Gasteiger partial charge in [-0.25, -0.2) is 0 Å². The minimum atomic E-state index is -0.207. The predicted octanol–water partition coefficient (Wildman–Crippen LogP) is 2.52. The molecule has 3 heteroatoms. The van der Waals surface area contributed by atoms with Crippen molar-refractivity contribution >= 4 is 21.7 Å². The average molecular weight is 238 g/mol. The van der Waals surface area contributed by atoms with E-state index in [0.717, 1.165) is 0 Å². The van der Waals surface area contributed by atoms with Gasteiger partial charge in [-0.3, -0.25) is 4.79 Å². The zero-order valence-electron chi connectivity index (χ0n) is 7.12. The number of halogens is 1. The minimum Gasteiger partial charge on any atom is -0.293 e. The number of hydrogen-bond acceptors (Lipinski definition) is 2. The first-order valence-corrected chi connectivity index (χ1v) is 4.75. The lowest BCUT2D eigenvalue weighted by Crippen LogP contribution is -2.09. The highest BCUT2D eigenvalue weighted by atomic mass is 79.9. The fourth-order valence-electron chi connectivity index (χ4n) is 0.972. The molecule has 0 radical (unpaired) electrons. The smallest absolute Gasteiger partial charge is 0.176 e. The third-order valence-electron chi connectivity index (χ3n) is 1.64. The summed E-state index contributed by atoms with van der Waals surface area (Å²) in [5.41, 5.74) is 1.09. The number of hydrogen-bond donors (Lipinski definition) is 0. The van der Waals surface area contributed by atoms with Crippen LogP contribution < -0.4 is 0 Å². The lowest BCUT2D eigenvalue weighted by Gasteiger charge is -2.01. The summed E-state index contributed by atoms with van der Waals surface area (Å²) < 4.78 is 0. The van der Waals surface area contributed by atoms with E-state index in [0.29, 0.717) is 11.1 Å². The van der Waals surface area contributed by atoms with Crippen molar-refractivity contribution in [3.63, 3.8) is 0 Å². The molecule has 0 saturated heterocycles. The largest absolute Gasteiger partial charge is 0.293 e. The molecule has 0 aliphatic rings. The number of benzene rings is 1. The van der Waals surface area contributed by atoms with E-state index < -0.39 is 0 Å². The van der Waals surface area contributed by atoms with Gasteiger partial charge in [0.05, 0.1) is 16.5 Å². The monoisotopic (exact) mass is 237 g/mol. The van der Waals surface area contributed by atoms with Crippen molar-refractivity contribution in [2.45, 2.75) is 11.8 Å². The van der Waals surface area contributed by atoms with Gasteiger partial charge < -0.3 is 0 Å². The van der Waals surface area contributed by atoms with E-state index in [1.165, 1.54) is 0 Å². The molecule has 0 aromatic heterocycles. The topological polar surface area (TPSA) is 40.9 Å². The van der Waals surface area contributed by atoms with E-state index in [-0.39, 0.29) is 10.6 Å². The zero-order valence-corrected chi connectivity index (χ0v) is 8.71. The number of Topliss-reactive ketones (excluding diaryl/α,β-unsaturated/α-hetero) is 1. The van der Waals surface area contributed by atoms with E-state index in [9.17, 15) is 4.79 Å². The normalized spacial score (nSPS) is 11.8. The number of rotatable bonds is 2. The van der Waals surface area contributed by atoms with Crippen LogP contribution in [0.1, 0.15) is 22.8 Å². The lowest BCUT2D eigenvalue weighted by atomic mass is 10.1. The van der Waals surface area contributed by atoms with Crippen molar-refractivity contribution in [2.24, 2.45) is 0 Å². The third-order valence-corrected chi connectivity index (χ3v) is 2.05. The molecule has 0 unspecified atom stereocenters. The summed E-state index contributed by atoms with van der Waals surface area (Å²) in [5.74, 6) is -0.00269. The predicted molar refractivity (Wildman–Crippen MR) is 53.9 cm³/mol. The summed E-state index contributed by atoms with van der Waals surface area (Å²) in [4.78, 5) is 11.2. The fourth-order valence-corrected chi connectivity index (χ4v) is 1.24. The molecule has 0 N–H and O–H groups in total. The Balaban J connectivity index is 3.04. The van der Waals surface area contributed by atoms with Gasteiger partial charge in [0.2, 0.25) is 0 Å². The van der Waals surface area contributed by atoms with Crippen LogP contribution in [-0.2, 0) is 0 Å². The molecule has 2 nitrogen and oxygen atoms in total. The lowest BCUT2D eigenvalue weighted by molar-refractivity contribution is 0.0996. The summed E-state index contributed by atoms with van der Waals surface area (Å²) in [5, 5.41) is 8.61. The van der Waals surface area contributed by atoms with Crippen molar-refractivity contribution in [2.75, 3.05) is 0 Å².